The molecule has 1 aromatic carbocycles. The first-order valence-electron chi connectivity index (χ1n) is 7.77. The molecule has 1 aromatic heterocycles. The van der Waals surface area contributed by atoms with E-state index in [1.54, 1.807) is 13.0 Å². The van der Waals surface area contributed by atoms with Crippen LogP contribution >= 0.6 is 11.8 Å². The molecule has 2 amide bonds. The van der Waals surface area contributed by atoms with Crippen molar-refractivity contribution < 1.29 is 14.1 Å². The number of carbonyl (C=O) groups is 2. The predicted octanol–water partition coefficient (Wildman–Crippen LogP) is 2.24. The van der Waals surface area contributed by atoms with Crippen molar-refractivity contribution in [1.29, 1.82) is 0 Å². The van der Waals surface area contributed by atoms with E-state index in [1.165, 1.54) is 22.9 Å². The number of hydrogen-bond acceptors (Lipinski definition) is 5. The van der Waals surface area contributed by atoms with Gasteiger partial charge in [-0.25, -0.2) is 0 Å². The van der Waals surface area contributed by atoms with E-state index in [9.17, 15) is 9.59 Å². The lowest BCUT2D eigenvalue weighted by Gasteiger charge is -2.28. The minimum atomic E-state index is -0.190. The van der Waals surface area contributed by atoms with Crippen LogP contribution in [0.2, 0.25) is 0 Å². The summed E-state index contributed by atoms with van der Waals surface area (Å²) in [7, 11) is 0. The number of nitrogens with one attached hydrogen (secondary N) is 1. The molecule has 2 heterocycles. The first-order chi connectivity index (χ1) is 11.6. The summed E-state index contributed by atoms with van der Waals surface area (Å²) in [6.45, 7) is 3.15. The average Bonchev–Trinajstić information content (AvgIpc) is 2.99. The standard InChI is InChI=1S/C17H19N3O3S/c1-12-8-15(19-23-12)18-16(21)10-24-11-17(22)20-7-6-13-4-2-3-5-14(13)9-20/h2-5,8H,6-7,9-11H2,1H3,(H,18,19,21). The number of benzene rings is 1. The largest absolute Gasteiger partial charge is 0.360 e. The Morgan fingerprint density at radius 2 is 2.08 bits per heavy atom. The minimum absolute atomic E-state index is 0.0691. The molecule has 0 spiro atoms. The van der Waals surface area contributed by atoms with Crippen LogP contribution in [0.4, 0.5) is 5.82 Å². The Morgan fingerprint density at radius 1 is 1.29 bits per heavy atom. The van der Waals surface area contributed by atoms with Gasteiger partial charge in [-0.2, -0.15) is 0 Å². The number of hydrogen-bond donors (Lipinski definition) is 1. The number of carbonyl (C=O) groups excluding carboxylic acids is 2. The third-order valence-corrected chi connectivity index (χ3v) is 4.75. The van der Waals surface area contributed by atoms with E-state index >= 15 is 0 Å². The smallest absolute Gasteiger partial charge is 0.235 e. The van der Waals surface area contributed by atoms with Crippen LogP contribution in [0.15, 0.2) is 34.9 Å². The van der Waals surface area contributed by atoms with Gasteiger partial charge in [-0.15, -0.1) is 11.8 Å². The van der Waals surface area contributed by atoms with E-state index in [0.29, 0.717) is 23.9 Å². The molecule has 0 atom stereocenters. The van der Waals surface area contributed by atoms with Gasteiger partial charge < -0.3 is 14.7 Å². The van der Waals surface area contributed by atoms with Gasteiger partial charge in [0, 0.05) is 19.2 Å². The topological polar surface area (TPSA) is 75.4 Å². The van der Waals surface area contributed by atoms with Crippen molar-refractivity contribution in [2.45, 2.75) is 19.9 Å². The summed E-state index contributed by atoms with van der Waals surface area (Å²) in [5.41, 5.74) is 2.53. The first-order valence-corrected chi connectivity index (χ1v) is 8.93. The molecule has 3 rings (SSSR count). The summed E-state index contributed by atoms with van der Waals surface area (Å²) in [4.78, 5) is 26.0. The lowest BCUT2D eigenvalue weighted by Crippen LogP contribution is -2.37. The Kier molecular flexibility index (Phi) is 5.20. The summed E-state index contributed by atoms with van der Waals surface area (Å²) in [5.74, 6) is 1.43. The summed E-state index contributed by atoms with van der Waals surface area (Å²) in [6.07, 6.45) is 0.887. The van der Waals surface area contributed by atoms with Crippen LogP contribution in [-0.4, -0.2) is 39.9 Å². The highest BCUT2D eigenvalue weighted by Gasteiger charge is 2.20. The Morgan fingerprint density at radius 3 is 2.83 bits per heavy atom. The highest BCUT2D eigenvalue weighted by molar-refractivity contribution is 8.00. The summed E-state index contributed by atoms with van der Waals surface area (Å²) in [6, 6.07) is 9.86. The second-order valence-electron chi connectivity index (χ2n) is 5.70. The quantitative estimate of drug-likeness (QED) is 0.899. The number of anilines is 1. The van der Waals surface area contributed by atoms with Crippen LogP contribution < -0.4 is 5.32 Å². The highest BCUT2D eigenvalue weighted by Crippen LogP contribution is 2.19. The maximum absolute atomic E-state index is 12.3. The van der Waals surface area contributed by atoms with Crippen molar-refractivity contribution in [2.75, 3.05) is 23.4 Å². The Labute approximate surface area is 144 Å². The molecule has 24 heavy (non-hydrogen) atoms. The van der Waals surface area contributed by atoms with Gasteiger partial charge in [-0.3, -0.25) is 9.59 Å². The molecule has 1 N–H and O–H groups in total. The molecule has 6 nitrogen and oxygen atoms in total. The van der Waals surface area contributed by atoms with E-state index in [4.69, 9.17) is 4.52 Å². The molecular weight excluding hydrogens is 326 g/mol. The van der Waals surface area contributed by atoms with Gasteiger partial charge in [-0.1, -0.05) is 29.4 Å². The fourth-order valence-electron chi connectivity index (χ4n) is 2.64. The zero-order valence-electron chi connectivity index (χ0n) is 13.4. The van der Waals surface area contributed by atoms with E-state index < -0.39 is 0 Å². The van der Waals surface area contributed by atoms with Crippen molar-refractivity contribution in [2.24, 2.45) is 0 Å². The first kappa shape index (κ1) is 16.6. The second-order valence-corrected chi connectivity index (χ2v) is 6.68. The molecule has 1 aliphatic rings. The van der Waals surface area contributed by atoms with Crippen LogP contribution in [0.25, 0.3) is 0 Å². The molecular formula is C17H19N3O3S. The number of aromatic nitrogens is 1. The van der Waals surface area contributed by atoms with Crippen LogP contribution in [0.3, 0.4) is 0 Å². The zero-order valence-corrected chi connectivity index (χ0v) is 14.3. The monoisotopic (exact) mass is 345 g/mol. The SMILES string of the molecule is Cc1cc(NC(=O)CSCC(=O)N2CCc3ccccc3C2)no1. The Bertz CT molecular complexity index is 744. The molecule has 0 saturated heterocycles. The van der Waals surface area contributed by atoms with Gasteiger partial charge in [-0.05, 0) is 24.5 Å². The van der Waals surface area contributed by atoms with Crippen molar-refractivity contribution in [3.8, 4) is 0 Å². The molecule has 7 heteroatoms. The summed E-state index contributed by atoms with van der Waals surface area (Å²) >= 11 is 1.31. The van der Waals surface area contributed by atoms with Gasteiger partial charge in [0.05, 0.1) is 11.5 Å². The second kappa shape index (κ2) is 7.53. The number of rotatable bonds is 5. The number of nitrogens with zero attached hydrogens (tertiary/aromatic N) is 2. The lowest BCUT2D eigenvalue weighted by atomic mass is 10.00. The minimum Gasteiger partial charge on any atom is -0.360 e. The molecule has 0 radical (unpaired) electrons. The van der Waals surface area contributed by atoms with Gasteiger partial charge >= 0.3 is 0 Å². The molecule has 0 unspecified atom stereocenters. The molecule has 2 aromatic rings. The maximum atomic E-state index is 12.3. The molecule has 0 fully saturated rings. The van der Waals surface area contributed by atoms with E-state index in [0.717, 1.165) is 13.0 Å². The van der Waals surface area contributed by atoms with E-state index in [1.807, 2.05) is 17.0 Å². The Balaban J connectivity index is 1.42. The number of aryl methyl sites for hydroxylation is 1. The maximum Gasteiger partial charge on any atom is 0.235 e. The van der Waals surface area contributed by atoms with Crippen molar-refractivity contribution in [3.05, 3.63) is 47.2 Å². The average molecular weight is 345 g/mol. The van der Waals surface area contributed by atoms with Gasteiger partial charge in [0.15, 0.2) is 5.82 Å². The summed E-state index contributed by atoms with van der Waals surface area (Å²) < 4.78 is 4.88. The summed E-state index contributed by atoms with van der Waals surface area (Å²) in [5, 5.41) is 6.34. The van der Waals surface area contributed by atoms with Gasteiger partial charge in [0.1, 0.15) is 5.76 Å². The van der Waals surface area contributed by atoms with E-state index in [2.05, 4.69) is 22.6 Å². The third kappa shape index (κ3) is 4.17. The van der Waals surface area contributed by atoms with E-state index in [-0.39, 0.29) is 17.6 Å². The zero-order chi connectivity index (χ0) is 16.9. The van der Waals surface area contributed by atoms with Crippen molar-refractivity contribution >= 4 is 29.4 Å². The Hall–Kier alpha value is -2.28. The van der Waals surface area contributed by atoms with Gasteiger partial charge in [0.25, 0.3) is 0 Å². The van der Waals surface area contributed by atoms with Crippen LogP contribution in [0.5, 0.6) is 0 Å². The number of fused-ring (bicyclic) bond motifs is 1. The predicted molar refractivity (Wildman–Crippen MR) is 92.8 cm³/mol. The van der Waals surface area contributed by atoms with Gasteiger partial charge in [0.2, 0.25) is 11.8 Å². The fraction of sp³-hybridized carbons (Fsp3) is 0.353. The van der Waals surface area contributed by atoms with Crippen molar-refractivity contribution in [1.82, 2.24) is 10.1 Å². The van der Waals surface area contributed by atoms with Crippen molar-refractivity contribution in [3.63, 3.8) is 0 Å². The normalized spacial score (nSPS) is 13.5. The number of amides is 2. The van der Waals surface area contributed by atoms with Crippen LogP contribution in [0.1, 0.15) is 16.9 Å². The third-order valence-electron chi connectivity index (χ3n) is 3.84. The molecule has 0 aliphatic carbocycles. The fourth-order valence-corrected chi connectivity index (χ4v) is 3.35. The molecule has 0 bridgehead atoms. The van der Waals surface area contributed by atoms with Crippen LogP contribution in [0, 0.1) is 6.92 Å². The molecule has 0 saturated carbocycles. The highest BCUT2D eigenvalue weighted by atomic mass is 32.2. The van der Waals surface area contributed by atoms with Crippen LogP contribution in [-0.2, 0) is 22.6 Å². The number of thioether (sulfide) groups is 1. The molecule has 126 valence electrons. The molecule has 1 aliphatic heterocycles. The lowest BCUT2D eigenvalue weighted by molar-refractivity contribution is -0.129.